The molecule has 0 saturated carbocycles. The number of aromatic nitrogens is 2. The number of nitrogens with zero attached hydrogens (tertiary/aromatic N) is 2. The average Bonchev–Trinajstić information content (AvgIpc) is 2.30. The van der Waals surface area contributed by atoms with Crippen LogP contribution in [0.4, 0.5) is 5.95 Å². The lowest BCUT2D eigenvalue weighted by atomic mass is 10.2. The fraction of sp³-hybridized carbons (Fsp3) is 0.636. The van der Waals surface area contributed by atoms with Crippen LogP contribution in [0.25, 0.3) is 0 Å². The fourth-order valence-corrected chi connectivity index (χ4v) is 1.27. The number of aliphatic hydroxyl groups excluding tert-OH is 1. The minimum Gasteiger partial charge on any atom is -0.478 e. The Bertz CT molecular complexity index is 294. The minimum absolute atomic E-state index is 0.260. The molecule has 1 heterocycles. The van der Waals surface area contributed by atoms with Gasteiger partial charge < -0.3 is 15.2 Å². The van der Waals surface area contributed by atoms with E-state index in [4.69, 9.17) is 9.84 Å². The summed E-state index contributed by atoms with van der Waals surface area (Å²) in [6, 6.07) is 1.74. The topological polar surface area (TPSA) is 67.3 Å². The molecule has 0 aliphatic carbocycles. The van der Waals surface area contributed by atoms with Gasteiger partial charge in [-0.25, -0.2) is 4.98 Å². The second-order valence-corrected chi connectivity index (χ2v) is 3.36. The highest BCUT2D eigenvalue weighted by atomic mass is 16.5. The van der Waals surface area contributed by atoms with Crippen molar-refractivity contribution in [3.8, 4) is 5.88 Å². The summed E-state index contributed by atoms with van der Waals surface area (Å²) >= 11 is 0. The van der Waals surface area contributed by atoms with Gasteiger partial charge in [0, 0.05) is 25.4 Å². The molecule has 0 unspecified atom stereocenters. The maximum atomic E-state index is 8.62. The van der Waals surface area contributed by atoms with Gasteiger partial charge in [0.1, 0.15) is 0 Å². The molecular formula is C11H19N3O2. The molecule has 0 aromatic carbocycles. The van der Waals surface area contributed by atoms with Crippen molar-refractivity contribution in [3.05, 3.63) is 12.3 Å². The lowest BCUT2D eigenvalue weighted by Crippen LogP contribution is -2.06. The second kappa shape index (κ2) is 7.87. The van der Waals surface area contributed by atoms with Crippen LogP contribution in [-0.2, 0) is 0 Å². The molecule has 0 saturated heterocycles. The van der Waals surface area contributed by atoms with E-state index >= 15 is 0 Å². The van der Waals surface area contributed by atoms with Gasteiger partial charge in [-0.05, 0) is 26.2 Å². The minimum atomic E-state index is 0.260. The van der Waals surface area contributed by atoms with E-state index < -0.39 is 0 Å². The highest BCUT2D eigenvalue weighted by Gasteiger charge is 1.98. The van der Waals surface area contributed by atoms with Crippen molar-refractivity contribution in [2.45, 2.75) is 26.2 Å². The molecule has 5 heteroatoms. The van der Waals surface area contributed by atoms with Gasteiger partial charge in [-0.3, -0.25) is 0 Å². The van der Waals surface area contributed by atoms with Gasteiger partial charge in [-0.1, -0.05) is 0 Å². The van der Waals surface area contributed by atoms with Crippen LogP contribution < -0.4 is 10.1 Å². The number of rotatable bonds is 8. The van der Waals surface area contributed by atoms with Crippen LogP contribution in [0, 0.1) is 0 Å². The van der Waals surface area contributed by atoms with Crippen molar-refractivity contribution in [3.63, 3.8) is 0 Å². The van der Waals surface area contributed by atoms with Gasteiger partial charge in [0.05, 0.1) is 6.61 Å². The Hall–Kier alpha value is -1.36. The molecule has 0 fully saturated rings. The van der Waals surface area contributed by atoms with Gasteiger partial charge in [-0.15, -0.1) is 0 Å². The molecule has 5 nitrogen and oxygen atoms in total. The number of unbranched alkanes of at least 4 members (excludes halogenated alkanes) is 2. The van der Waals surface area contributed by atoms with Gasteiger partial charge in [-0.2, -0.15) is 4.98 Å². The third-order valence-electron chi connectivity index (χ3n) is 2.04. The molecule has 0 amide bonds. The number of hydrogen-bond acceptors (Lipinski definition) is 5. The summed E-state index contributed by atoms with van der Waals surface area (Å²) < 4.78 is 5.27. The molecule has 2 N–H and O–H groups in total. The maximum Gasteiger partial charge on any atom is 0.225 e. The number of aliphatic hydroxyl groups is 1. The Balaban J connectivity index is 2.27. The predicted molar refractivity (Wildman–Crippen MR) is 62.6 cm³/mol. The molecule has 0 aliphatic heterocycles. The summed E-state index contributed by atoms with van der Waals surface area (Å²) in [5.41, 5.74) is 0. The van der Waals surface area contributed by atoms with Crippen molar-refractivity contribution >= 4 is 5.95 Å². The first-order valence-electron chi connectivity index (χ1n) is 5.67. The van der Waals surface area contributed by atoms with E-state index in [1.54, 1.807) is 12.3 Å². The first-order valence-corrected chi connectivity index (χ1v) is 5.67. The standard InChI is InChI=1S/C11H19N3O2/c1-2-16-10-6-8-13-11(14-10)12-7-4-3-5-9-15/h6,8,15H,2-5,7,9H2,1H3,(H,12,13,14). The van der Waals surface area contributed by atoms with E-state index in [1.165, 1.54) is 0 Å². The van der Waals surface area contributed by atoms with E-state index in [0.29, 0.717) is 18.4 Å². The third kappa shape index (κ3) is 4.93. The Morgan fingerprint density at radius 3 is 3.00 bits per heavy atom. The molecule has 1 rings (SSSR count). The molecule has 0 spiro atoms. The second-order valence-electron chi connectivity index (χ2n) is 3.36. The van der Waals surface area contributed by atoms with E-state index in [0.717, 1.165) is 25.8 Å². The Morgan fingerprint density at radius 2 is 2.25 bits per heavy atom. The number of hydrogen-bond donors (Lipinski definition) is 2. The Kier molecular flexibility index (Phi) is 6.25. The Morgan fingerprint density at radius 1 is 1.38 bits per heavy atom. The molecule has 16 heavy (non-hydrogen) atoms. The third-order valence-corrected chi connectivity index (χ3v) is 2.04. The maximum absolute atomic E-state index is 8.62. The Labute approximate surface area is 95.9 Å². The van der Waals surface area contributed by atoms with Crippen LogP contribution in [0.2, 0.25) is 0 Å². The van der Waals surface area contributed by atoms with Gasteiger partial charge in [0.2, 0.25) is 11.8 Å². The summed E-state index contributed by atoms with van der Waals surface area (Å²) in [5.74, 6) is 1.19. The molecule has 0 aliphatic rings. The molecule has 90 valence electrons. The van der Waals surface area contributed by atoms with Crippen molar-refractivity contribution in [1.29, 1.82) is 0 Å². The summed E-state index contributed by atoms with van der Waals surface area (Å²) in [4.78, 5) is 8.27. The molecular weight excluding hydrogens is 206 g/mol. The molecule has 1 aromatic heterocycles. The summed E-state index contributed by atoms with van der Waals surface area (Å²) in [6.45, 7) is 3.60. The van der Waals surface area contributed by atoms with Crippen LogP contribution in [0.15, 0.2) is 12.3 Å². The van der Waals surface area contributed by atoms with Crippen LogP contribution in [0.5, 0.6) is 5.88 Å². The monoisotopic (exact) mass is 225 g/mol. The quantitative estimate of drug-likeness (QED) is 0.655. The van der Waals surface area contributed by atoms with E-state index in [9.17, 15) is 0 Å². The van der Waals surface area contributed by atoms with Crippen LogP contribution in [0.3, 0.4) is 0 Å². The molecule has 0 bridgehead atoms. The number of ether oxygens (including phenoxy) is 1. The van der Waals surface area contributed by atoms with Crippen molar-refractivity contribution < 1.29 is 9.84 Å². The fourth-order valence-electron chi connectivity index (χ4n) is 1.27. The van der Waals surface area contributed by atoms with Crippen molar-refractivity contribution in [2.24, 2.45) is 0 Å². The zero-order chi connectivity index (χ0) is 11.6. The van der Waals surface area contributed by atoms with Crippen LogP contribution in [0.1, 0.15) is 26.2 Å². The predicted octanol–water partition coefficient (Wildman–Crippen LogP) is 1.45. The lowest BCUT2D eigenvalue weighted by molar-refractivity contribution is 0.283. The summed E-state index contributed by atoms with van der Waals surface area (Å²) in [5, 5.41) is 11.7. The van der Waals surface area contributed by atoms with E-state index in [-0.39, 0.29) is 6.61 Å². The zero-order valence-corrected chi connectivity index (χ0v) is 9.65. The summed E-state index contributed by atoms with van der Waals surface area (Å²) in [6.07, 6.45) is 4.53. The first-order chi connectivity index (χ1) is 7.86. The van der Waals surface area contributed by atoms with Gasteiger partial charge >= 0.3 is 0 Å². The molecule has 1 aromatic rings. The highest BCUT2D eigenvalue weighted by molar-refractivity contribution is 5.27. The molecule has 0 radical (unpaired) electrons. The average molecular weight is 225 g/mol. The molecule has 0 atom stereocenters. The van der Waals surface area contributed by atoms with Crippen molar-refractivity contribution in [1.82, 2.24) is 9.97 Å². The number of anilines is 1. The van der Waals surface area contributed by atoms with Gasteiger partial charge in [0.15, 0.2) is 0 Å². The van der Waals surface area contributed by atoms with Crippen molar-refractivity contribution in [2.75, 3.05) is 25.1 Å². The normalized spacial score (nSPS) is 10.1. The summed E-state index contributed by atoms with van der Waals surface area (Å²) in [7, 11) is 0. The number of nitrogens with one attached hydrogen (secondary N) is 1. The van der Waals surface area contributed by atoms with Crippen LogP contribution >= 0.6 is 0 Å². The van der Waals surface area contributed by atoms with Crippen LogP contribution in [-0.4, -0.2) is 34.8 Å². The van der Waals surface area contributed by atoms with E-state index in [1.807, 2.05) is 6.92 Å². The van der Waals surface area contributed by atoms with Gasteiger partial charge in [0.25, 0.3) is 0 Å². The zero-order valence-electron chi connectivity index (χ0n) is 9.65. The highest BCUT2D eigenvalue weighted by Crippen LogP contribution is 2.08. The smallest absolute Gasteiger partial charge is 0.225 e. The largest absolute Gasteiger partial charge is 0.478 e. The first kappa shape index (κ1) is 12.7. The SMILES string of the molecule is CCOc1ccnc(NCCCCCO)n1. The lowest BCUT2D eigenvalue weighted by Gasteiger charge is -2.06. The van der Waals surface area contributed by atoms with E-state index in [2.05, 4.69) is 15.3 Å².